The van der Waals surface area contributed by atoms with E-state index >= 15 is 0 Å². The van der Waals surface area contributed by atoms with E-state index in [4.69, 9.17) is 4.74 Å². The second-order valence-corrected chi connectivity index (χ2v) is 4.74. The molecule has 0 fully saturated rings. The lowest BCUT2D eigenvalue weighted by molar-refractivity contribution is -0.131. The van der Waals surface area contributed by atoms with Crippen LogP contribution < -0.4 is 0 Å². The van der Waals surface area contributed by atoms with Crippen LogP contribution in [-0.2, 0) is 16.1 Å². The molecule has 0 unspecified atom stereocenters. The molecule has 0 aliphatic rings. The molecule has 1 aromatic carbocycles. The molecule has 94 valence electrons. The Labute approximate surface area is 111 Å². The van der Waals surface area contributed by atoms with E-state index in [0.29, 0.717) is 26.2 Å². The second kappa shape index (κ2) is 7.45. The van der Waals surface area contributed by atoms with E-state index in [0.717, 1.165) is 10.0 Å². The lowest BCUT2D eigenvalue weighted by atomic mass is 10.2. The van der Waals surface area contributed by atoms with Crippen molar-refractivity contribution < 1.29 is 9.53 Å². The molecule has 0 N–H and O–H groups in total. The van der Waals surface area contributed by atoms with Crippen molar-refractivity contribution >= 4 is 21.8 Å². The SMILES string of the molecule is CCOCCC(=O)N(C)Cc1cccc(Br)c1. The van der Waals surface area contributed by atoms with Crippen molar-refractivity contribution in [1.29, 1.82) is 0 Å². The van der Waals surface area contributed by atoms with Crippen LogP contribution in [0.3, 0.4) is 0 Å². The maximum absolute atomic E-state index is 11.7. The van der Waals surface area contributed by atoms with Crippen LogP contribution in [0, 0.1) is 0 Å². The third-order valence-electron chi connectivity index (χ3n) is 2.40. The quantitative estimate of drug-likeness (QED) is 0.756. The van der Waals surface area contributed by atoms with Gasteiger partial charge in [-0.05, 0) is 24.6 Å². The Bertz CT molecular complexity index is 368. The highest BCUT2D eigenvalue weighted by Crippen LogP contribution is 2.13. The average Bonchev–Trinajstić information content (AvgIpc) is 2.29. The Morgan fingerprint density at radius 2 is 2.24 bits per heavy atom. The molecule has 0 heterocycles. The van der Waals surface area contributed by atoms with Crippen molar-refractivity contribution in [2.45, 2.75) is 19.9 Å². The summed E-state index contributed by atoms with van der Waals surface area (Å²) < 4.78 is 6.20. The summed E-state index contributed by atoms with van der Waals surface area (Å²) in [5.41, 5.74) is 1.12. The topological polar surface area (TPSA) is 29.5 Å². The van der Waals surface area contributed by atoms with Crippen molar-refractivity contribution in [1.82, 2.24) is 4.90 Å². The number of halogens is 1. The van der Waals surface area contributed by atoms with Crippen LogP contribution >= 0.6 is 15.9 Å². The number of nitrogens with zero attached hydrogens (tertiary/aromatic N) is 1. The molecule has 17 heavy (non-hydrogen) atoms. The van der Waals surface area contributed by atoms with Gasteiger partial charge < -0.3 is 9.64 Å². The molecule has 1 amide bonds. The fourth-order valence-corrected chi connectivity index (χ4v) is 1.94. The van der Waals surface area contributed by atoms with E-state index in [9.17, 15) is 4.79 Å². The number of carbonyl (C=O) groups excluding carboxylic acids is 1. The van der Waals surface area contributed by atoms with Gasteiger partial charge in [0.1, 0.15) is 0 Å². The minimum atomic E-state index is 0.110. The standard InChI is InChI=1S/C13H18BrNO2/c1-3-17-8-7-13(16)15(2)10-11-5-4-6-12(14)9-11/h4-6,9H,3,7-8,10H2,1-2H3. The van der Waals surface area contributed by atoms with Gasteiger partial charge in [0, 0.05) is 24.7 Å². The lowest BCUT2D eigenvalue weighted by Gasteiger charge is -2.17. The van der Waals surface area contributed by atoms with Crippen molar-refractivity contribution in [3.63, 3.8) is 0 Å². The molecule has 1 aromatic rings. The Morgan fingerprint density at radius 1 is 1.47 bits per heavy atom. The van der Waals surface area contributed by atoms with Crippen molar-refractivity contribution in [2.24, 2.45) is 0 Å². The molecular weight excluding hydrogens is 282 g/mol. The summed E-state index contributed by atoms with van der Waals surface area (Å²) in [6.07, 6.45) is 0.443. The maximum Gasteiger partial charge on any atom is 0.224 e. The zero-order chi connectivity index (χ0) is 12.7. The third kappa shape index (κ3) is 5.33. The molecule has 0 bridgehead atoms. The van der Waals surface area contributed by atoms with Crippen molar-refractivity contribution in [2.75, 3.05) is 20.3 Å². The van der Waals surface area contributed by atoms with Crippen LogP contribution in [0.15, 0.2) is 28.7 Å². The first-order chi connectivity index (χ1) is 8.13. The van der Waals surface area contributed by atoms with Crippen LogP contribution in [0.5, 0.6) is 0 Å². The van der Waals surface area contributed by atoms with Gasteiger partial charge in [-0.3, -0.25) is 4.79 Å². The second-order valence-electron chi connectivity index (χ2n) is 3.83. The Balaban J connectivity index is 2.43. The first-order valence-corrected chi connectivity index (χ1v) is 6.49. The molecule has 0 saturated heterocycles. The normalized spacial score (nSPS) is 10.3. The predicted octanol–water partition coefficient (Wildman–Crippen LogP) is 2.83. The van der Waals surface area contributed by atoms with Gasteiger partial charge in [0.2, 0.25) is 5.91 Å². The van der Waals surface area contributed by atoms with Gasteiger partial charge in [-0.1, -0.05) is 28.1 Å². The van der Waals surface area contributed by atoms with E-state index in [1.54, 1.807) is 4.90 Å². The molecule has 4 heteroatoms. The van der Waals surface area contributed by atoms with Crippen LogP contribution in [0.2, 0.25) is 0 Å². The van der Waals surface area contributed by atoms with Gasteiger partial charge in [0.25, 0.3) is 0 Å². The third-order valence-corrected chi connectivity index (χ3v) is 2.89. The summed E-state index contributed by atoms with van der Waals surface area (Å²) in [4.78, 5) is 13.5. The molecule has 1 rings (SSSR count). The molecule has 0 aliphatic carbocycles. The van der Waals surface area contributed by atoms with E-state index < -0.39 is 0 Å². The van der Waals surface area contributed by atoms with E-state index in [1.807, 2.05) is 38.2 Å². The summed E-state index contributed by atoms with van der Waals surface area (Å²) >= 11 is 3.42. The minimum Gasteiger partial charge on any atom is -0.381 e. The van der Waals surface area contributed by atoms with Gasteiger partial charge in [-0.25, -0.2) is 0 Å². The van der Waals surface area contributed by atoms with E-state index in [-0.39, 0.29) is 5.91 Å². The number of hydrogen-bond acceptors (Lipinski definition) is 2. The molecule has 0 atom stereocenters. The molecular formula is C13H18BrNO2. The highest BCUT2D eigenvalue weighted by atomic mass is 79.9. The number of ether oxygens (including phenoxy) is 1. The van der Waals surface area contributed by atoms with Crippen LogP contribution in [-0.4, -0.2) is 31.1 Å². The number of carbonyl (C=O) groups is 1. The fraction of sp³-hybridized carbons (Fsp3) is 0.462. The van der Waals surface area contributed by atoms with Crippen molar-refractivity contribution in [3.05, 3.63) is 34.3 Å². The fourth-order valence-electron chi connectivity index (χ4n) is 1.49. The van der Waals surface area contributed by atoms with Gasteiger partial charge in [-0.15, -0.1) is 0 Å². The first-order valence-electron chi connectivity index (χ1n) is 5.69. The lowest BCUT2D eigenvalue weighted by Crippen LogP contribution is -2.27. The number of amides is 1. The largest absolute Gasteiger partial charge is 0.381 e. The molecule has 0 aromatic heterocycles. The molecule has 0 aliphatic heterocycles. The molecule has 0 radical (unpaired) electrons. The first kappa shape index (κ1) is 14.2. The highest BCUT2D eigenvalue weighted by molar-refractivity contribution is 9.10. The monoisotopic (exact) mass is 299 g/mol. The number of rotatable bonds is 6. The Hall–Kier alpha value is -0.870. The summed E-state index contributed by atoms with van der Waals surface area (Å²) in [5.74, 6) is 0.110. The molecule has 0 saturated carbocycles. The smallest absolute Gasteiger partial charge is 0.224 e. The number of benzene rings is 1. The summed E-state index contributed by atoms with van der Waals surface area (Å²) in [7, 11) is 1.81. The Kier molecular flexibility index (Phi) is 6.22. The predicted molar refractivity (Wildman–Crippen MR) is 71.7 cm³/mol. The van der Waals surface area contributed by atoms with Crippen LogP contribution in [0.4, 0.5) is 0 Å². The van der Waals surface area contributed by atoms with Crippen LogP contribution in [0.1, 0.15) is 18.9 Å². The maximum atomic E-state index is 11.7. The van der Waals surface area contributed by atoms with Gasteiger partial charge in [-0.2, -0.15) is 0 Å². The van der Waals surface area contributed by atoms with Crippen molar-refractivity contribution in [3.8, 4) is 0 Å². The summed E-state index contributed by atoms with van der Waals surface area (Å²) in [6, 6.07) is 7.97. The average molecular weight is 300 g/mol. The van der Waals surface area contributed by atoms with Gasteiger partial charge in [0.15, 0.2) is 0 Å². The summed E-state index contributed by atoms with van der Waals surface area (Å²) in [5, 5.41) is 0. The van der Waals surface area contributed by atoms with Gasteiger partial charge >= 0.3 is 0 Å². The molecule has 3 nitrogen and oxygen atoms in total. The highest BCUT2D eigenvalue weighted by Gasteiger charge is 2.08. The zero-order valence-electron chi connectivity index (χ0n) is 10.3. The van der Waals surface area contributed by atoms with E-state index in [2.05, 4.69) is 15.9 Å². The van der Waals surface area contributed by atoms with Crippen LogP contribution in [0.25, 0.3) is 0 Å². The Morgan fingerprint density at radius 3 is 2.88 bits per heavy atom. The number of hydrogen-bond donors (Lipinski definition) is 0. The van der Waals surface area contributed by atoms with E-state index in [1.165, 1.54) is 0 Å². The summed E-state index contributed by atoms with van der Waals surface area (Å²) in [6.45, 7) is 3.71. The zero-order valence-corrected chi connectivity index (χ0v) is 11.9. The molecule has 0 spiro atoms. The minimum absolute atomic E-state index is 0.110. The van der Waals surface area contributed by atoms with Gasteiger partial charge in [0.05, 0.1) is 13.0 Å².